The minimum Gasteiger partial charge on any atom is -0.497 e. The molecule has 2 amide bonds. The van der Waals surface area contributed by atoms with E-state index >= 15 is 0 Å². The maximum atomic E-state index is 12.0. The van der Waals surface area contributed by atoms with Crippen LogP contribution in [0.25, 0.3) is 0 Å². The molecule has 0 aromatic heterocycles. The van der Waals surface area contributed by atoms with Gasteiger partial charge in [-0.2, -0.15) is 5.10 Å². The quantitative estimate of drug-likeness (QED) is 0.562. The van der Waals surface area contributed by atoms with E-state index < -0.39 is 5.91 Å². The largest absolute Gasteiger partial charge is 0.497 e. The number of amides is 2. The zero-order chi connectivity index (χ0) is 19.8. The van der Waals surface area contributed by atoms with Gasteiger partial charge >= 0.3 is 0 Å². The Labute approximate surface area is 162 Å². The number of hydrogen-bond acceptors (Lipinski definition) is 5. The van der Waals surface area contributed by atoms with E-state index in [0.29, 0.717) is 33.4 Å². The number of nitrogens with zero attached hydrogens (tertiary/aromatic N) is 1. The lowest BCUT2D eigenvalue weighted by Gasteiger charge is -2.10. The first kappa shape index (κ1) is 20.3. The molecule has 0 heterocycles. The molecule has 8 heteroatoms. The SMILES string of the molecule is COc1ccc(/C(C)=N/NC(=O)CNC(=O)c2ccc(Cl)cc2)c(OC)c1. The van der Waals surface area contributed by atoms with Crippen LogP contribution in [0.5, 0.6) is 11.5 Å². The molecule has 0 spiro atoms. The molecule has 0 saturated carbocycles. The Bertz CT molecular complexity index is 851. The van der Waals surface area contributed by atoms with Crippen LogP contribution in [0, 0.1) is 0 Å². The van der Waals surface area contributed by atoms with Gasteiger partial charge in [0.2, 0.25) is 0 Å². The van der Waals surface area contributed by atoms with Gasteiger partial charge in [-0.3, -0.25) is 9.59 Å². The molecule has 0 aliphatic rings. The first-order valence-electron chi connectivity index (χ1n) is 8.04. The van der Waals surface area contributed by atoms with Gasteiger partial charge in [-0.15, -0.1) is 0 Å². The number of ether oxygens (including phenoxy) is 2. The summed E-state index contributed by atoms with van der Waals surface area (Å²) in [5.41, 5.74) is 4.07. The fraction of sp³-hybridized carbons (Fsp3) is 0.211. The fourth-order valence-corrected chi connectivity index (χ4v) is 2.33. The number of hydrazone groups is 1. The summed E-state index contributed by atoms with van der Waals surface area (Å²) in [6, 6.07) is 11.6. The van der Waals surface area contributed by atoms with Crippen LogP contribution >= 0.6 is 11.6 Å². The Morgan fingerprint density at radius 1 is 1.07 bits per heavy atom. The number of nitrogens with one attached hydrogen (secondary N) is 2. The lowest BCUT2D eigenvalue weighted by Crippen LogP contribution is -2.35. The second-order valence-electron chi connectivity index (χ2n) is 5.49. The lowest BCUT2D eigenvalue weighted by molar-refractivity contribution is -0.120. The summed E-state index contributed by atoms with van der Waals surface area (Å²) in [6.07, 6.45) is 0. The van der Waals surface area contributed by atoms with Crippen molar-refractivity contribution in [1.82, 2.24) is 10.7 Å². The van der Waals surface area contributed by atoms with Crippen LogP contribution in [0.3, 0.4) is 0 Å². The molecular weight excluding hydrogens is 370 g/mol. The van der Waals surface area contributed by atoms with Gasteiger partial charge in [0.25, 0.3) is 11.8 Å². The van der Waals surface area contributed by atoms with Gasteiger partial charge in [0, 0.05) is 22.2 Å². The third kappa shape index (κ3) is 5.72. The number of rotatable bonds is 7. The summed E-state index contributed by atoms with van der Waals surface area (Å²) in [6.45, 7) is 1.52. The molecule has 0 unspecified atom stereocenters. The highest BCUT2D eigenvalue weighted by molar-refractivity contribution is 6.30. The predicted octanol–water partition coefficient (Wildman–Crippen LogP) is 2.63. The van der Waals surface area contributed by atoms with Gasteiger partial charge in [0.1, 0.15) is 11.5 Å². The average Bonchev–Trinajstić information content (AvgIpc) is 2.70. The van der Waals surface area contributed by atoms with Crippen LogP contribution in [-0.2, 0) is 4.79 Å². The molecule has 2 rings (SSSR count). The second kappa shape index (κ2) is 9.59. The number of methoxy groups -OCH3 is 2. The molecule has 0 radical (unpaired) electrons. The average molecular weight is 390 g/mol. The summed E-state index contributed by atoms with van der Waals surface area (Å²) in [4.78, 5) is 23.9. The predicted molar refractivity (Wildman–Crippen MR) is 104 cm³/mol. The Morgan fingerprint density at radius 3 is 2.41 bits per heavy atom. The number of benzene rings is 2. The summed E-state index contributed by atoms with van der Waals surface area (Å²) in [5.74, 6) is 0.390. The first-order valence-corrected chi connectivity index (χ1v) is 8.41. The highest BCUT2D eigenvalue weighted by Crippen LogP contribution is 2.25. The Hall–Kier alpha value is -3.06. The molecule has 0 aliphatic heterocycles. The molecule has 7 nitrogen and oxygen atoms in total. The normalized spacial score (nSPS) is 10.9. The smallest absolute Gasteiger partial charge is 0.259 e. The Balaban J connectivity index is 1.93. The van der Waals surface area contributed by atoms with Gasteiger partial charge in [-0.05, 0) is 43.3 Å². The van der Waals surface area contributed by atoms with E-state index in [0.717, 1.165) is 0 Å². The van der Waals surface area contributed by atoms with E-state index in [4.69, 9.17) is 21.1 Å². The fourth-order valence-electron chi connectivity index (χ4n) is 2.21. The van der Waals surface area contributed by atoms with Gasteiger partial charge in [0.15, 0.2) is 0 Å². The van der Waals surface area contributed by atoms with Crippen molar-refractivity contribution in [3.63, 3.8) is 0 Å². The monoisotopic (exact) mass is 389 g/mol. The molecule has 0 atom stereocenters. The minimum atomic E-state index is -0.454. The highest BCUT2D eigenvalue weighted by atomic mass is 35.5. The number of carbonyl (C=O) groups is 2. The highest BCUT2D eigenvalue weighted by Gasteiger charge is 2.10. The zero-order valence-electron chi connectivity index (χ0n) is 15.2. The summed E-state index contributed by atoms with van der Waals surface area (Å²) in [5, 5.41) is 7.09. The van der Waals surface area contributed by atoms with Crippen molar-refractivity contribution in [2.75, 3.05) is 20.8 Å². The van der Waals surface area contributed by atoms with Crippen LogP contribution in [0.2, 0.25) is 5.02 Å². The summed E-state index contributed by atoms with van der Waals surface area (Å²) >= 11 is 5.78. The lowest BCUT2D eigenvalue weighted by atomic mass is 10.1. The molecular formula is C19H20ClN3O4. The van der Waals surface area contributed by atoms with Gasteiger partial charge in [0.05, 0.1) is 26.5 Å². The molecule has 2 aromatic carbocycles. The van der Waals surface area contributed by atoms with Crippen molar-refractivity contribution in [3.8, 4) is 11.5 Å². The van der Waals surface area contributed by atoms with E-state index in [1.54, 1.807) is 56.5 Å². The number of hydrogen-bond donors (Lipinski definition) is 2. The first-order chi connectivity index (χ1) is 12.9. The standard InChI is InChI=1S/C19H20ClN3O4/c1-12(16-9-8-15(26-2)10-17(16)27-3)22-23-18(24)11-21-19(25)13-4-6-14(20)7-5-13/h4-10H,11H2,1-3H3,(H,21,25)(H,23,24)/b22-12+. The zero-order valence-corrected chi connectivity index (χ0v) is 16.0. The van der Waals surface area contributed by atoms with Crippen molar-refractivity contribution < 1.29 is 19.1 Å². The molecule has 0 bridgehead atoms. The topological polar surface area (TPSA) is 89.0 Å². The van der Waals surface area contributed by atoms with Crippen LogP contribution in [0.4, 0.5) is 0 Å². The van der Waals surface area contributed by atoms with Crippen molar-refractivity contribution >= 4 is 29.1 Å². The van der Waals surface area contributed by atoms with Gasteiger partial charge in [-0.25, -0.2) is 5.43 Å². The molecule has 0 saturated heterocycles. The van der Waals surface area contributed by atoms with Crippen LogP contribution < -0.4 is 20.2 Å². The molecule has 2 aromatic rings. The van der Waals surface area contributed by atoms with Crippen LogP contribution in [-0.4, -0.2) is 38.3 Å². The summed E-state index contributed by atoms with van der Waals surface area (Å²) < 4.78 is 10.5. The van der Waals surface area contributed by atoms with Crippen molar-refractivity contribution in [2.45, 2.75) is 6.92 Å². The Morgan fingerprint density at radius 2 is 1.78 bits per heavy atom. The van der Waals surface area contributed by atoms with Crippen molar-refractivity contribution in [3.05, 3.63) is 58.6 Å². The maximum absolute atomic E-state index is 12.0. The van der Waals surface area contributed by atoms with Crippen molar-refractivity contribution in [1.29, 1.82) is 0 Å². The molecule has 2 N–H and O–H groups in total. The third-order valence-electron chi connectivity index (χ3n) is 3.66. The second-order valence-corrected chi connectivity index (χ2v) is 5.92. The molecule has 0 aliphatic carbocycles. The van der Waals surface area contributed by atoms with E-state index in [-0.39, 0.29) is 12.5 Å². The number of halogens is 1. The Kier molecular flexibility index (Phi) is 7.19. The molecule has 0 fully saturated rings. The van der Waals surface area contributed by atoms with E-state index in [2.05, 4.69) is 15.8 Å². The van der Waals surface area contributed by atoms with Gasteiger partial charge < -0.3 is 14.8 Å². The van der Waals surface area contributed by atoms with Crippen molar-refractivity contribution in [2.24, 2.45) is 5.10 Å². The minimum absolute atomic E-state index is 0.210. The van der Waals surface area contributed by atoms with Crippen LogP contribution in [0.1, 0.15) is 22.8 Å². The van der Waals surface area contributed by atoms with E-state index in [9.17, 15) is 9.59 Å². The van der Waals surface area contributed by atoms with E-state index in [1.165, 1.54) is 7.11 Å². The van der Waals surface area contributed by atoms with E-state index in [1.807, 2.05) is 0 Å². The summed E-state index contributed by atoms with van der Waals surface area (Å²) in [7, 11) is 3.10. The maximum Gasteiger partial charge on any atom is 0.259 e. The molecule has 27 heavy (non-hydrogen) atoms. The van der Waals surface area contributed by atoms with Gasteiger partial charge in [-0.1, -0.05) is 11.6 Å². The van der Waals surface area contributed by atoms with Crippen LogP contribution in [0.15, 0.2) is 47.6 Å². The molecule has 142 valence electrons. The number of carbonyl (C=O) groups excluding carboxylic acids is 2. The third-order valence-corrected chi connectivity index (χ3v) is 3.91.